The van der Waals surface area contributed by atoms with E-state index in [1.54, 1.807) is 0 Å². The molecule has 0 saturated heterocycles. The lowest BCUT2D eigenvalue weighted by atomic mass is 10.0. The van der Waals surface area contributed by atoms with Crippen LogP contribution in [0.1, 0.15) is 84.3 Å². The average Bonchev–Trinajstić information content (AvgIpc) is 2.86. The van der Waals surface area contributed by atoms with Crippen LogP contribution in [0.15, 0.2) is 6.20 Å². The zero-order chi connectivity index (χ0) is 14.6. The summed E-state index contributed by atoms with van der Waals surface area (Å²) in [5.41, 5.74) is 1.32. The molecule has 0 bridgehead atoms. The van der Waals surface area contributed by atoms with Crippen LogP contribution in [0.3, 0.4) is 0 Å². The van der Waals surface area contributed by atoms with Crippen molar-refractivity contribution >= 4 is 0 Å². The van der Waals surface area contributed by atoms with Crippen molar-refractivity contribution in [2.24, 2.45) is 5.92 Å². The molecule has 0 aliphatic heterocycles. The molecule has 3 nitrogen and oxygen atoms in total. The smallest absolute Gasteiger partial charge is 0.0725 e. The number of hydrogen-bond donors (Lipinski definition) is 0. The van der Waals surface area contributed by atoms with Gasteiger partial charge in [-0.25, -0.2) is 4.68 Å². The van der Waals surface area contributed by atoms with E-state index in [0.29, 0.717) is 0 Å². The molecule has 1 rings (SSSR count). The van der Waals surface area contributed by atoms with Gasteiger partial charge in [-0.2, -0.15) is 0 Å². The molecular weight excluding hydrogens is 246 g/mol. The number of rotatable bonds is 12. The van der Waals surface area contributed by atoms with Crippen LogP contribution in [0.25, 0.3) is 0 Å². The minimum absolute atomic E-state index is 0.847. The summed E-state index contributed by atoms with van der Waals surface area (Å²) >= 11 is 0. The van der Waals surface area contributed by atoms with Gasteiger partial charge in [-0.05, 0) is 25.2 Å². The van der Waals surface area contributed by atoms with Crippen LogP contribution < -0.4 is 0 Å². The summed E-state index contributed by atoms with van der Waals surface area (Å²) in [4.78, 5) is 0. The molecule has 0 aliphatic carbocycles. The Balaban J connectivity index is 2.12. The zero-order valence-electron chi connectivity index (χ0n) is 13.8. The molecule has 0 N–H and O–H groups in total. The second-order valence-corrected chi connectivity index (χ2v) is 6.36. The van der Waals surface area contributed by atoms with E-state index in [0.717, 1.165) is 18.9 Å². The summed E-state index contributed by atoms with van der Waals surface area (Å²) in [5.74, 6) is 0.847. The topological polar surface area (TPSA) is 30.7 Å². The van der Waals surface area contributed by atoms with Gasteiger partial charge in [-0.1, -0.05) is 70.9 Å². The Morgan fingerprint density at radius 1 is 1.00 bits per heavy atom. The van der Waals surface area contributed by atoms with Crippen molar-refractivity contribution in [1.29, 1.82) is 0 Å². The summed E-state index contributed by atoms with van der Waals surface area (Å²) < 4.78 is 2.12. The Hall–Kier alpha value is -0.860. The van der Waals surface area contributed by atoms with E-state index in [1.165, 1.54) is 63.5 Å². The van der Waals surface area contributed by atoms with Crippen molar-refractivity contribution in [2.45, 2.75) is 91.5 Å². The van der Waals surface area contributed by atoms with Gasteiger partial charge in [0, 0.05) is 6.54 Å². The maximum Gasteiger partial charge on any atom is 0.0725 e. The lowest BCUT2D eigenvalue weighted by Gasteiger charge is -2.07. The molecule has 0 atom stereocenters. The summed E-state index contributed by atoms with van der Waals surface area (Å²) in [6, 6.07) is 0. The molecule has 116 valence electrons. The van der Waals surface area contributed by atoms with E-state index in [2.05, 4.69) is 35.8 Å². The van der Waals surface area contributed by atoms with Gasteiger partial charge < -0.3 is 0 Å². The van der Waals surface area contributed by atoms with Gasteiger partial charge in [0.25, 0.3) is 0 Å². The predicted molar refractivity (Wildman–Crippen MR) is 85.8 cm³/mol. The van der Waals surface area contributed by atoms with Crippen molar-refractivity contribution in [3.05, 3.63) is 11.9 Å². The molecule has 0 fully saturated rings. The molecule has 0 unspecified atom stereocenters. The molecular formula is C17H33N3. The molecule has 0 spiro atoms. The second kappa shape index (κ2) is 10.9. The van der Waals surface area contributed by atoms with Gasteiger partial charge in [0.05, 0.1) is 11.9 Å². The molecule has 0 aromatic carbocycles. The first-order valence-electron chi connectivity index (χ1n) is 8.61. The Kier molecular flexibility index (Phi) is 9.35. The van der Waals surface area contributed by atoms with Crippen LogP contribution in [-0.2, 0) is 13.0 Å². The van der Waals surface area contributed by atoms with Gasteiger partial charge in [-0.15, -0.1) is 5.10 Å². The van der Waals surface area contributed by atoms with E-state index in [-0.39, 0.29) is 0 Å². The third kappa shape index (κ3) is 7.66. The Labute approximate surface area is 125 Å². The van der Waals surface area contributed by atoms with Crippen LogP contribution in [0.5, 0.6) is 0 Å². The minimum Gasteiger partial charge on any atom is -0.249 e. The van der Waals surface area contributed by atoms with E-state index in [9.17, 15) is 0 Å². The van der Waals surface area contributed by atoms with Crippen molar-refractivity contribution in [3.8, 4) is 0 Å². The Morgan fingerprint density at radius 3 is 2.50 bits per heavy atom. The number of unbranched alkanes of at least 4 members (excludes halogenated alkanes) is 6. The number of aromatic nitrogens is 3. The van der Waals surface area contributed by atoms with E-state index in [1.807, 2.05) is 6.20 Å². The van der Waals surface area contributed by atoms with E-state index in [4.69, 9.17) is 0 Å². The van der Waals surface area contributed by atoms with Crippen LogP contribution in [0.4, 0.5) is 0 Å². The number of nitrogens with zero attached hydrogens (tertiary/aromatic N) is 3. The quantitative estimate of drug-likeness (QED) is 0.504. The third-order valence-corrected chi connectivity index (χ3v) is 3.89. The van der Waals surface area contributed by atoms with E-state index >= 15 is 0 Å². The lowest BCUT2D eigenvalue weighted by Crippen LogP contribution is -2.05. The van der Waals surface area contributed by atoms with Gasteiger partial charge in [-0.3, -0.25) is 0 Å². The molecule has 0 aliphatic rings. The van der Waals surface area contributed by atoms with Crippen LogP contribution >= 0.6 is 0 Å². The van der Waals surface area contributed by atoms with Crippen molar-refractivity contribution < 1.29 is 0 Å². The molecule has 1 aromatic heterocycles. The summed E-state index contributed by atoms with van der Waals surface area (Å²) in [7, 11) is 0. The van der Waals surface area contributed by atoms with Crippen molar-refractivity contribution in [2.75, 3.05) is 0 Å². The lowest BCUT2D eigenvalue weighted by molar-refractivity contribution is 0.479. The fourth-order valence-corrected chi connectivity index (χ4v) is 2.56. The predicted octanol–water partition coefficient (Wildman–Crippen LogP) is 5.01. The van der Waals surface area contributed by atoms with Crippen LogP contribution in [0, 0.1) is 5.92 Å². The molecule has 0 radical (unpaired) electrons. The fraction of sp³-hybridized carbons (Fsp3) is 0.882. The molecule has 0 amide bonds. The fourth-order valence-electron chi connectivity index (χ4n) is 2.56. The maximum atomic E-state index is 4.23. The highest BCUT2D eigenvalue weighted by molar-refractivity contribution is 4.93. The summed E-state index contributed by atoms with van der Waals surface area (Å²) in [6.45, 7) is 7.91. The Morgan fingerprint density at radius 2 is 1.75 bits per heavy atom. The first-order valence-corrected chi connectivity index (χ1v) is 8.61. The minimum atomic E-state index is 0.847. The monoisotopic (exact) mass is 279 g/mol. The molecule has 0 saturated carbocycles. The van der Waals surface area contributed by atoms with Crippen LogP contribution in [0.2, 0.25) is 0 Å². The SMILES string of the molecule is CCCCCCc1cnnn1CCCCCCC(C)C. The highest BCUT2D eigenvalue weighted by Crippen LogP contribution is 2.11. The Bertz CT molecular complexity index is 331. The van der Waals surface area contributed by atoms with Gasteiger partial charge in [0.2, 0.25) is 0 Å². The van der Waals surface area contributed by atoms with Gasteiger partial charge in [0.1, 0.15) is 0 Å². The van der Waals surface area contributed by atoms with Gasteiger partial charge >= 0.3 is 0 Å². The summed E-state index contributed by atoms with van der Waals surface area (Å²) in [6.07, 6.45) is 15.0. The number of hydrogen-bond acceptors (Lipinski definition) is 2. The summed E-state index contributed by atoms with van der Waals surface area (Å²) in [5, 5.41) is 8.30. The largest absolute Gasteiger partial charge is 0.249 e. The van der Waals surface area contributed by atoms with Crippen LogP contribution in [-0.4, -0.2) is 15.0 Å². The van der Waals surface area contributed by atoms with E-state index < -0.39 is 0 Å². The first-order chi connectivity index (χ1) is 9.74. The second-order valence-electron chi connectivity index (χ2n) is 6.36. The average molecular weight is 279 g/mol. The molecule has 3 heteroatoms. The van der Waals surface area contributed by atoms with Gasteiger partial charge in [0.15, 0.2) is 0 Å². The molecule has 1 aromatic rings. The highest BCUT2D eigenvalue weighted by Gasteiger charge is 2.03. The van der Waals surface area contributed by atoms with Crippen molar-refractivity contribution in [1.82, 2.24) is 15.0 Å². The molecule has 20 heavy (non-hydrogen) atoms. The normalized spacial score (nSPS) is 11.4. The first kappa shape index (κ1) is 17.2. The highest BCUT2D eigenvalue weighted by atomic mass is 15.4. The zero-order valence-corrected chi connectivity index (χ0v) is 13.8. The van der Waals surface area contributed by atoms with Crippen molar-refractivity contribution in [3.63, 3.8) is 0 Å². The third-order valence-electron chi connectivity index (χ3n) is 3.89. The standard InChI is InChI=1S/C17H33N3/c1-4-5-6-10-13-17-15-18-19-20(17)14-11-8-7-9-12-16(2)3/h15-16H,4-14H2,1-3H3. The molecule has 1 heterocycles. The maximum absolute atomic E-state index is 4.23. The number of aryl methyl sites for hydroxylation is 2.